The second-order valence-electron chi connectivity index (χ2n) is 7.44. The summed E-state index contributed by atoms with van der Waals surface area (Å²) < 4.78 is 28.7. The lowest BCUT2D eigenvalue weighted by molar-refractivity contribution is 0.0536. The molecule has 0 saturated heterocycles. The molecule has 0 fully saturated rings. The van der Waals surface area contributed by atoms with Crippen LogP contribution in [-0.2, 0) is 0 Å². The molecule has 0 amide bonds. The maximum absolute atomic E-state index is 12.0. The third-order valence-corrected chi connectivity index (χ3v) is 5.27. The first kappa shape index (κ1) is 19.1. The van der Waals surface area contributed by atoms with Gasteiger partial charge in [0.15, 0.2) is 29.1 Å². The van der Waals surface area contributed by atoms with Crippen LogP contribution in [0.15, 0.2) is 62.2 Å². The summed E-state index contributed by atoms with van der Waals surface area (Å²) in [6, 6.07) is 14.7. The summed E-state index contributed by atoms with van der Waals surface area (Å²) in [7, 11) is 0. The molecule has 31 heavy (non-hydrogen) atoms. The van der Waals surface area contributed by atoms with Crippen molar-refractivity contribution in [2.24, 2.45) is 0 Å². The van der Waals surface area contributed by atoms with Crippen LogP contribution in [0.1, 0.15) is 11.1 Å². The molecule has 7 nitrogen and oxygen atoms in total. The van der Waals surface area contributed by atoms with Crippen LogP contribution in [-0.4, -0.2) is 24.4 Å². The van der Waals surface area contributed by atoms with Gasteiger partial charge in [0.2, 0.25) is 0 Å². The monoisotopic (exact) mass is 420 g/mol. The maximum atomic E-state index is 12.0. The Morgan fingerprint density at radius 3 is 2.68 bits per heavy atom. The zero-order valence-corrected chi connectivity index (χ0v) is 17.0. The molecule has 3 heterocycles. The molecule has 2 aromatic heterocycles. The topological polar surface area (TPSA) is 91.3 Å². The summed E-state index contributed by atoms with van der Waals surface area (Å²) in [5, 5.41) is 11.0. The number of hydrogen-bond donors (Lipinski definition) is 1. The Morgan fingerprint density at radius 1 is 1.03 bits per heavy atom. The van der Waals surface area contributed by atoms with Gasteiger partial charge in [-0.25, -0.2) is 4.79 Å². The number of furan rings is 1. The van der Waals surface area contributed by atoms with Crippen LogP contribution in [0.2, 0.25) is 0 Å². The van der Waals surface area contributed by atoms with Crippen molar-refractivity contribution in [3.8, 4) is 34.5 Å². The minimum Gasteiger partial charge on any atom is -0.507 e. The number of rotatable bonds is 4. The fraction of sp³-hybridized carbons (Fsp3) is 0.208. The Morgan fingerprint density at radius 2 is 1.84 bits per heavy atom. The molecule has 1 aliphatic heterocycles. The number of para-hydroxylation sites is 2. The Hall–Kier alpha value is -3.87. The fourth-order valence-electron chi connectivity index (χ4n) is 3.51. The van der Waals surface area contributed by atoms with Crippen LogP contribution in [0.5, 0.6) is 23.0 Å². The smallest absolute Gasteiger partial charge is 0.343 e. The third kappa shape index (κ3) is 3.48. The largest absolute Gasteiger partial charge is 0.507 e. The van der Waals surface area contributed by atoms with Crippen LogP contribution in [0.25, 0.3) is 22.5 Å². The lowest BCUT2D eigenvalue weighted by Gasteiger charge is -2.26. The van der Waals surface area contributed by atoms with E-state index in [0.29, 0.717) is 41.6 Å². The molecule has 0 bridgehead atoms. The van der Waals surface area contributed by atoms with Crippen molar-refractivity contribution in [1.82, 2.24) is 0 Å². The molecule has 0 aliphatic carbocycles. The average Bonchev–Trinajstić information content (AvgIpc) is 3.21. The summed E-state index contributed by atoms with van der Waals surface area (Å²) in [5.41, 5.74) is 0.589. The Bertz CT molecular complexity index is 1330. The highest BCUT2D eigenvalue weighted by Gasteiger charge is 2.22. The number of aromatic hydroxyl groups is 1. The van der Waals surface area contributed by atoms with Gasteiger partial charge >= 0.3 is 5.63 Å². The van der Waals surface area contributed by atoms with Gasteiger partial charge < -0.3 is 28.2 Å². The van der Waals surface area contributed by atoms with Gasteiger partial charge in [-0.3, -0.25) is 0 Å². The fourth-order valence-corrected chi connectivity index (χ4v) is 3.51. The number of fused-ring (bicyclic) bond motifs is 2. The SMILES string of the molecule is Cc1c(-c2cc3ccc(OCC4COc5ccccc5O4)cc3o2)oc(=O)c(C)c1O. The third-order valence-electron chi connectivity index (χ3n) is 5.27. The Kier molecular flexibility index (Phi) is 4.58. The minimum absolute atomic E-state index is 0.0907. The molecule has 5 rings (SSSR count). The van der Waals surface area contributed by atoms with Gasteiger partial charge in [-0.2, -0.15) is 0 Å². The highest BCUT2D eigenvalue weighted by Crippen LogP contribution is 2.35. The predicted molar refractivity (Wildman–Crippen MR) is 113 cm³/mol. The van der Waals surface area contributed by atoms with Crippen molar-refractivity contribution < 1.29 is 28.2 Å². The van der Waals surface area contributed by atoms with Gasteiger partial charge in [0, 0.05) is 17.0 Å². The number of benzene rings is 2. The van der Waals surface area contributed by atoms with E-state index in [9.17, 15) is 9.90 Å². The van der Waals surface area contributed by atoms with Crippen molar-refractivity contribution >= 4 is 11.0 Å². The first-order chi connectivity index (χ1) is 15.0. The van der Waals surface area contributed by atoms with Crippen LogP contribution >= 0.6 is 0 Å². The van der Waals surface area contributed by atoms with E-state index in [0.717, 1.165) is 11.1 Å². The summed E-state index contributed by atoms with van der Waals surface area (Å²) in [4.78, 5) is 12.0. The van der Waals surface area contributed by atoms with E-state index in [1.54, 1.807) is 19.1 Å². The molecule has 4 aromatic rings. The van der Waals surface area contributed by atoms with Gasteiger partial charge in [-0.15, -0.1) is 0 Å². The maximum Gasteiger partial charge on any atom is 0.343 e. The Labute approximate surface area is 177 Å². The van der Waals surface area contributed by atoms with Gasteiger partial charge in [-0.05, 0) is 44.2 Å². The first-order valence-corrected chi connectivity index (χ1v) is 9.88. The van der Waals surface area contributed by atoms with Crippen molar-refractivity contribution in [2.75, 3.05) is 13.2 Å². The van der Waals surface area contributed by atoms with E-state index >= 15 is 0 Å². The second-order valence-corrected chi connectivity index (χ2v) is 7.44. The summed E-state index contributed by atoms with van der Waals surface area (Å²) >= 11 is 0. The normalized spacial score (nSPS) is 15.2. The van der Waals surface area contributed by atoms with E-state index in [-0.39, 0.29) is 23.2 Å². The van der Waals surface area contributed by atoms with E-state index in [1.165, 1.54) is 6.92 Å². The molecule has 1 atom stereocenters. The zero-order chi connectivity index (χ0) is 21.5. The van der Waals surface area contributed by atoms with Crippen LogP contribution in [0.4, 0.5) is 0 Å². The predicted octanol–water partition coefficient (Wildman–Crippen LogP) is 4.59. The molecule has 0 saturated carbocycles. The van der Waals surface area contributed by atoms with Gasteiger partial charge in [-0.1, -0.05) is 12.1 Å². The molecular weight excluding hydrogens is 400 g/mol. The van der Waals surface area contributed by atoms with Crippen LogP contribution in [0.3, 0.4) is 0 Å². The van der Waals surface area contributed by atoms with Gasteiger partial charge in [0.25, 0.3) is 0 Å². The summed E-state index contributed by atoms with van der Waals surface area (Å²) in [6.07, 6.45) is -0.231. The van der Waals surface area contributed by atoms with Gasteiger partial charge in [0.1, 0.15) is 30.3 Å². The van der Waals surface area contributed by atoms with Gasteiger partial charge in [0.05, 0.1) is 5.56 Å². The first-order valence-electron chi connectivity index (χ1n) is 9.88. The molecule has 0 radical (unpaired) electrons. The molecule has 7 heteroatoms. The number of hydrogen-bond acceptors (Lipinski definition) is 7. The van der Waals surface area contributed by atoms with Crippen molar-refractivity contribution in [3.63, 3.8) is 0 Å². The van der Waals surface area contributed by atoms with Crippen LogP contribution in [0, 0.1) is 13.8 Å². The molecule has 2 aromatic carbocycles. The van der Waals surface area contributed by atoms with Crippen molar-refractivity contribution in [2.45, 2.75) is 20.0 Å². The molecule has 158 valence electrons. The number of ether oxygens (including phenoxy) is 3. The summed E-state index contributed by atoms with van der Waals surface area (Å²) in [5.74, 6) is 2.52. The standard InChI is InChI=1S/C24H20O7/c1-13-22(25)14(2)24(26)31-23(13)21-9-15-7-8-16(10-20(15)30-21)27-11-17-12-28-18-5-3-4-6-19(18)29-17/h3-10,17,25H,11-12H2,1-2H3. The van der Waals surface area contributed by atoms with Crippen molar-refractivity contribution in [1.29, 1.82) is 0 Å². The lowest BCUT2D eigenvalue weighted by atomic mass is 10.1. The quantitative estimate of drug-likeness (QED) is 0.516. The molecule has 0 spiro atoms. The zero-order valence-electron chi connectivity index (χ0n) is 17.0. The lowest BCUT2D eigenvalue weighted by Crippen LogP contribution is -2.34. The molecule has 1 N–H and O–H groups in total. The highest BCUT2D eigenvalue weighted by molar-refractivity contribution is 5.83. The molecular formula is C24H20O7. The molecule has 1 aliphatic rings. The average molecular weight is 420 g/mol. The van der Waals surface area contributed by atoms with E-state index in [2.05, 4.69) is 0 Å². The van der Waals surface area contributed by atoms with E-state index in [4.69, 9.17) is 23.0 Å². The van der Waals surface area contributed by atoms with E-state index < -0.39 is 5.63 Å². The summed E-state index contributed by atoms with van der Waals surface area (Å²) in [6.45, 7) is 3.90. The van der Waals surface area contributed by atoms with Crippen molar-refractivity contribution in [3.05, 3.63) is 70.1 Å². The van der Waals surface area contributed by atoms with E-state index in [1.807, 2.05) is 36.4 Å². The molecule has 1 unspecified atom stereocenters. The highest BCUT2D eigenvalue weighted by atomic mass is 16.6. The van der Waals surface area contributed by atoms with Crippen LogP contribution < -0.4 is 19.8 Å². The minimum atomic E-state index is -0.598. The second kappa shape index (κ2) is 7.43. The Balaban J connectivity index is 1.35.